The summed E-state index contributed by atoms with van der Waals surface area (Å²) in [7, 11) is -3.50. The minimum atomic E-state index is -3.50. The molecule has 116 valence electrons. The van der Waals surface area contributed by atoms with Gasteiger partial charge in [0.1, 0.15) is 0 Å². The molecule has 0 bridgehead atoms. The standard InChI is InChI=1S/C15H21BrN2O2S/c1-10-6-11(8-17)7-13(14(10)16)21(19,20)18-9-15(4-5-15)12-2-3-12/h6-7,12,18H,2-5,8-9,17H2,1H3. The van der Waals surface area contributed by atoms with Crippen molar-refractivity contribution < 1.29 is 8.42 Å². The first kappa shape index (κ1) is 15.5. The molecule has 21 heavy (non-hydrogen) atoms. The highest BCUT2D eigenvalue weighted by Gasteiger charge is 2.53. The van der Waals surface area contributed by atoms with Crippen LogP contribution in [0.3, 0.4) is 0 Å². The Labute approximate surface area is 134 Å². The summed E-state index contributed by atoms with van der Waals surface area (Å²) >= 11 is 3.40. The molecule has 0 amide bonds. The van der Waals surface area contributed by atoms with E-state index in [-0.39, 0.29) is 5.41 Å². The summed E-state index contributed by atoms with van der Waals surface area (Å²) in [6.45, 7) is 2.79. The zero-order valence-electron chi connectivity index (χ0n) is 12.2. The van der Waals surface area contributed by atoms with E-state index in [4.69, 9.17) is 5.73 Å². The smallest absolute Gasteiger partial charge is 0.241 e. The second kappa shape index (κ2) is 5.33. The third kappa shape index (κ3) is 3.04. The van der Waals surface area contributed by atoms with E-state index in [1.54, 1.807) is 6.07 Å². The van der Waals surface area contributed by atoms with Crippen LogP contribution in [-0.4, -0.2) is 15.0 Å². The van der Waals surface area contributed by atoms with Gasteiger partial charge in [-0.3, -0.25) is 0 Å². The topological polar surface area (TPSA) is 72.2 Å². The number of rotatable bonds is 6. The minimum Gasteiger partial charge on any atom is -0.326 e. The van der Waals surface area contributed by atoms with E-state index in [9.17, 15) is 8.42 Å². The molecular weight excluding hydrogens is 352 g/mol. The van der Waals surface area contributed by atoms with Crippen molar-refractivity contribution in [2.24, 2.45) is 17.1 Å². The Bertz CT molecular complexity index is 664. The zero-order chi connectivity index (χ0) is 15.3. The fraction of sp³-hybridized carbons (Fsp3) is 0.600. The van der Waals surface area contributed by atoms with Crippen LogP contribution in [0.4, 0.5) is 0 Å². The number of hydrogen-bond acceptors (Lipinski definition) is 3. The molecule has 6 heteroatoms. The van der Waals surface area contributed by atoms with Crippen molar-refractivity contribution in [2.45, 2.75) is 44.0 Å². The summed E-state index contributed by atoms with van der Waals surface area (Å²) < 4.78 is 28.7. The van der Waals surface area contributed by atoms with Gasteiger partial charge in [-0.15, -0.1) is 0 Å². The van der Waals surface area contributed by atoms with Crippen molar-refractivity contribution in [1.29, 1.82) is 0 Å². The maximum atomic E-state index is 12.6. The van der Waals surface area contributed by atoms with Crippen molar-refractivity contribution in [3.05, 3.63) is 27.7 Å². The van der Waals surface area contributed by atoms with Crippen molar-refractivity contribution in [2.75, 3.05) is 6.54 Å². The van der Waals surface area contributed by atoms with Gasteiger partial charge in [0, 0.05) is 17.6 Å². The van der Waals surface area contributed by atoms with Gasteiger partial charge >= 0.3 is 0 Å². The molecule has 2 aliphatic rings. The molecule has 1 aromatic carbocycles. The predicted molar refractivity (Wildman–Crippen MR) is 86.3 cm³/mol. The molecule has 2 saturated carbocycles. The summed E-state index contributed by atoms with van der Waals surface area (Å²) in [5.74, 6) is 0.737. The highest BCUT2D eigenvalue weighted by molar-refractivity contribution is 9.10. The Morgan fingerprint density at radius 2 is 2.05 bits per heavy atom. The summed E-state index contributed by atoms with van der Waals surface area (Å²) in [6, 6.07) is 3.58. The Balaban J connectivity index is 1.82. The maximum Gasteiger partial charge on any atom is 0.241 e. The van der Waals surface area contributed by atoms with Crippen LogP contribution in [0.2, 0.25) is 0 Å². The number of hydrogen-bond donors (Lipinski definition) is 2. The van der Waals surface area contributed by atoms with Crippen molar-refractivity contribution in [1.82, 2.24) is 4.72 Å². The molecule has 3 rings (SSSR count). The summed E-state index contributed by atoms with van der Waals surface area (Å²) in [6.07, 6.45) is 4.83. The van der Waals surface area contributed by atoms with Gasteiger partial charge in [-0.25, -0.2) is 13.1 Å². The Kier molecular flexibility index (Phi) is 3.93. The van der Waals surface area contributed by atoms with Gasteiger partial charge in [-0.2, -0.15) is 0 Å². The highest BCUT2D eigenvalue weighted by Crippen LogP contribution is 2.60. The van der Waals surface area contributed by atoms with E-state index in [2.05, 4.69) is 20.7 Å². The molecule has 0 heterocycles. The van der Waals surface area contributed by atoms with E-state index >= 15 is 0 Å². The number of benzene rings is 1. The number of aryl methyl sites for hydroxylation is 1. The first-order valence-electron chi connectivity index (χ1n) is 7.37. The number of sulfonamides is 1. The molecule has 2 aliphatic carbocycles. The first-order valence-corrected chi connectivity index (χ1v) is 9.64. The second-order valence-electron chi connectivity index (χ2n) is 6.39. The Morgan fingerprint density at radius 3 is 2.57 bits per heavy atom. The first-order chi connectivity index (χ1) is 9.88. The summed E-state index contributed by atoms with van der Waals surface area (Å²) in [5, 5.41) is 0. The van der Waals surface area contributed by atoms with Crippen LogP contribution in [-0.2, 0) is 16.6 Å². The third-order valence-electron chi connectivity index (χ3n) is 4.76. The van der Waals surface area contributed by atoms with E-state index in [0.717, 1.165) is 29.9 Å². The highest BCUT2D eigenvalue weighted by atomic mass is 79.9. The molecule has 0 aliphatic heterocycles. The summed E-state index contributed by atoms with van der Waals surface area (Å²) in [5.41, 5.74) is 7.62. The van der Waals surface area contributed by atoms with Gasteiger partial charge in [0.2, 0.25) is 10.0 Å². The van der Waals surface area contributed by atoms with Gasteiger partial charge in [0.25, 0.3) is 0 Å². The van der Waals surface area contributed by atoms with Crippen LogP contribution in [0.1, 0.15) is 36.8 Å². The van der Waals surface area contributed by atoms with Crippen molar-refractivity contribution >= 4 is 26.0 Å². The Morgan fingerprint density at radius 1 is 1.38 bits per heavy atom. The van der Waals surface area contributed by atoms with E-state index in [0.29, 0.717) is 22.5 Å². The van der Waals surface area contributed by atoms with Crippen LogP contribution < -0.4 is 10.5 Å². The largest absolute Gasteiger partial charge is 0.326 e. The quantitative estimate of drug-likeness (QED) is 0.805. The lowest BCUT2D eigenvalue weighted by Crippen LogP contribution is -2.31. The van der Waals surface area contributed by atoms with E-state index in [1.165, 1.54) is 12.8 Å². The van der Waals surface area contributed by atoms with Crippen molar-refractivity contribution in [3.63, 3.8) is 0 Å². The van der Waals surface area contributed by atoms with Crippen LogP contribution in [0.25, 0.3) is 0 Å². The van der Waals surface area contributed by atoms with Gasteiger partial charge in [0.05, 0.1) is 4.90 Å². The fourth-order valence-electron chi connectivity index (χ4n) is 3.02. The zero-order valence-corrected chi connectivity index (χ0v) is 14.6. The molecule has 0 aromatic heterocycles. The SMILES string of the molecule is Cc1cc(CN)cc(S(=O)(=O)NCC2(C3CC3)CC2)c1Br. The van der Waals surface area contributed by atoms with E-state index in [1.807, 2.05) is 13.0 Å². The average molecular weight is 373 g/mol. The second-order valence-corrected chi connectivity index (χ2v) is 8.92. The average Bonchev–Trinajstić information content (AvgIpc) is 3.31. The molecule has 0 radical (unpaired) electrons. The lowest BCUT2D eigenvalue weighted by Gasteiger charge is -2.17. The molecule has 2 fully saturated rings. The maximum absolute atomic E-state index is 12.6. The Hall–Kier alpha value is -0.430. The number of halogens is 1. The molecule has 1 aromatic rings. The van der Waals surface area contributed by atoms with Crippen LogP contribution in [0.15, 0.2) is 21.5 Å². The number of nitrogens with two attached hydrogens (primary N) is 1. The summed E-state index contributed by atoms with van der Waals surface area (Å²) in [4.78, 5) is 0.301. The van der Waals surface area contributed by atoms with E-state index < -0.39 is 10.0 Å². The lowest BCUT2D eigenvalue weighted by molar-refractivity contribution is 0.432. The molecule has 0 unspecified atom stereocenters. The molecular formula is C15H21BrN2O2S. The lowest BCUT2D eigenvalue weighted by atomic mass is 10.0. The molecule has 3 N–H and O–H groups in total. The van der Waals surface area contributed by atoms with Crippen molar-refractivity contribution in [3.8, 4) is 0 Å². The number of nitrogens with one attached hydrogen (secondary N) is 1. The molecule has 0 saturated heterocycles. The predicted octanol–water partition coefficient (Wildman–Crippen LogP) is 2.68. The van der Waals surface area contributed by atoms with Gasteiger partial charge < -0.3 is 5.73 Å². The molecule has 4 nitrogen and oxygen atoms in total. The van der Waals surface area contributed by atoms with Gasteiger partial charge in [-0.1, -0.05) is 6.07 Å². The third-order valence-corrected chi connectivity index (χ3v) is 7.50. The monoisotopic (exact) mass is 372 g/mol. The minimum absolute atomic E-state index is 0.250. The van der Waals surface area contributed by atoms with Crippen LogP contribution in [0.5, 0.6) is 0 Å². The van der Waals surface area contributed by atoms with Crippen LogP contribution >= 0.6 is 15.9 Å². The fourth-order valence-corrected chi connectivity index (χ4v) is 5.23. The van der Waals surface area contributed by atoms with Gasteiger partial charge in [-0.05, 0) is 77.1 Å². The molecule has 0 atom stereocenters. The molecule has 0 spiro atoms. The normalized spacial score (nSPS) is 20.5. The van der Waals surface area contributed by atoms with Gasteiger partial charge in [0.15, 0.2) is 0 Å². The van der Waals surface area contributed by atoms with Crippen LogP contribution in [0, 0.1) is 18.3 Å².